The predicted octanol–water partition coefficient (Wildman–Crippen LogP) is 2.90. The molecule has 2 heteroatoms. The molecule has 0 aromatic rings. The fourth-order valence-electron chi connectivity index (χ4n) is 3.20. The van der Waals surface area contributed by atoms with Crippen molar-refractivity contribution in [2.24, 2.45) is 11.8 Å². The van der Waals surface area contributed by atoms with E-state index >= 15 is 0 Å². The Hall–Kier alpha value is -0.0800. The molecule has 0 bridgehead atoms. The van der Waals surface area contributed by atoms with Gasteiger partial charge >= 0.3 is 0 Å². The largest absolute Gasteiger partial charge is 0.389 e. The van der Waals surface area contributed by atoms with E-state index in [1.807, 2.05) is 13.8 Å². The predicted molar refractivity (Wildman–Crippen MR) is 69.5 cm³/mol. The van der Waals surface area contributed by atoms with Gasteiger partial charge in [-0.05, 0) is 51.5 Å². The summed E-state index contributed by atoms with van der Waals surface area (Å²) in [5.74, 6) is 1.68. The van der Waals surface area contributed by atoms with Crippen LogP contribution in [0, 0.1) is 11.8 Å². The molecule has 0 aliphatic heterocycles. The number of rotatable bonds is 4. The van der Waals surface area contributed by atoms with Crippen LogP contribution in [0.5, 0.6) is 0 Å². The quantitative estimate of drug-likeness (QED) is 0.798. The van der Waals surface area contributed by atoms with Crippen molar-refractivity contribution >= 4 is 0 Å². The monoisotopic (exact) mass is 227 g/mol. The molecule has 2 nitrogen and oxygen atoms in total. The Morgan fingerprint density at radius 2 is 1.62 bits per heavy atom. The molecule has 0 spiro atoms. The number of likely N-dealkylation sites (N-methyl/N-ethyl adjacent to an activating group) is 1. The maximum atomic E-state index is 9.94. The molecule has 1 aliphatic rings. The second kappa shape index (κ2) is 5.50. The van der Waals surface area contributed by atoms with Gasteiger partial charge in [0.2, 0.25) is 0 Å². The molecule has 1 rings (SSSR count). The Balaban J connectivity index is 2.58. The Morgan fingerprint density at radius 1 is 1.12 bits per heavy atom. The lowest BCUT2D eigenvalue weighted by atomic mass is 9.79. The third-order valence-electron chi connectivity index (χ3n) is 3.67. The molecular formula is C14H29NO. The van der Waals surface area contributed by atoms with Gasteiger partial charge in [-0.1, -0.05) is 20.8 Å². The Morgan fingerprint density at radius 3 is 2.00 bits per heavy atom. The van der Waals surface area contributed by atoms with Crippen LogP contribution in [0.25, 0.3) is 0 Å². The zero-order valence-corrected chi connectivity index (χ0v) is 11.7. The SMILES string of the molecule is CCN(CC(C)(C)O)C1CC(C)CC(C)C1. The first-order valence-electron chi connectivity index (χ1n) is 6.78. The molecule has 1 fully saturated rings. The van der Waals surface area contributed by atoms with Crippen molar-refractivity contribution in [3.63, 3.8) is 0 Å². The molecule has 0 heterocycles. The van der Waals surface area contributed by atoms with Crippen LogP contribution in [0.4, 0.5) is 0 Å². The molecule has 1 saturated carbocycles. The molecule has 0 aromatic carbocycles. The average molecular weight is 227 g/mol. The topological polar surface area (TPSA) is 23.5 Å². The normalized spacial score (nSPS) is 32.1. The summed E-state index contributed by atoms with van der Waals surface area (Å²) in [4.78, 5) is 2.46. The summed E-state index contributed by atoms with van der Waals surface area (Å²) < 4.78 is 0. The lowest BCUT2D eigenvalue weighted by molar-refractivity contribution is 0.00695. The highest BCUT2D eigenvalue weighted by Gasteiger charge is 2.30. The summed E-state index contributed by atoms with van der Waals surface area (Å²) in [6.07, 6.45) is 3.97. The molecule has 1 aliphatic carbocycles. The van der Waals surface area contributed by atoms with Crippen molar-refractivity contribution in [1.29, 1.82) is 0 Å². The molecule has 2 unspecified atom stereocenters. The molecule has 0 aromatic heterocycles. The van der Waals surface area contributed by atoms with Gasteiger partial charge < -0.3 is 5.11 Å². The van der Waals surface area contributed by atoms with Gasteiger partial charge in [0, 0.05) is 12.6 Å². The van der Waals surface area contributed by atoms with E-state index in [1.165, 1.54) is 19.3 Å². The number of nitrogens with zero attached hydrogens (tertiary/aromatic N) is 1. The third-order valence-corrected chi connectivity index (χ3v) is 3.67. The van der Waals surface area contributed by atoms with Gasteiger partial charge in [-0.25, -0.2) is 0 Å². The first-order chi connectivity index (χ1) is 7.31. The van der Waals surface area contributed by atoms with Crippen molar-refractivity contribution < 1.29 is 5.11 Å². The van der Waals surface area contributed by atoms with Crippen LogP contribution in [0.2, 0.25) is 0 Å². The second-order valence-electron chi connectivity index (χ2n) is 6.45. The van der Waals surface area contributed by atoms with Gasteiger partial charge in [-0.15, -0.1) is 0 Å². The molecule has 0 radical (unpaired) electrons. The van der Waals surface area contributed by atoms with Crippen molar-refractivity contribution in [1.82, 2.24) is 4.90 Å². The summed E-state index contributed by atoms with van der Waals surface area (Å²) in [5, 5.41) is 9.94. The molecular weight excluding hydrogens is 198 g/mol. The Bertz CT molecular complexity index is 199. The molecule has 2 atom stereocenters. The number of hydrogen-bond acceptors (Lipinski definition) is 2. The van der Waals surface area contributed by atoms with E-state index < -0.39 is 5.60 Å². The standard InChI is InChI=1S/C14H29NO/c1-6-15(10-14(4,5)16)13-8-11(2)7-12(3)9-13/h11-13,16H,6-10H2,1-5H3. The smallest absolute Gasteiger partial charge is 0.0718 e. The summed E-state index contributed by atoms with van der Waals surface area (Å²) in [7, 11) is 0. The van der Waals surface area contributed by atoms with Crippen LogP contribution in [-0.4, -0.2) is 34.7 Å². The summed E-state index contributed by atoms with van der Waals surface area (Å²) in [6.45, 7) is 12.6. The highest BCUT2D eigenvalue weighted by Crippen LogP contribution is 2.31. The van der Waals surface area contributed by atoms with Gasteiger partial charge in [0.15, 0.2) is 0 Å². The number of aliphatic hydroxyl groups is 1. The van der Waals surface area contributed by atoms with E-state index in [-0.39, 0.29) is 0 Å². The van der Waals surface area contributed by atoms with Gasteiger partial charge in [-0.3, -0.25) is 4.90 Å². The Labute approximate surface area is 101 Å². The minimum Gasteiger partial charge on any atom is -0.389 e. The van der Waals surface area contributed by atoms with E-state index in [0.29, 0.717) is 6.04 Å². The van der Waals surface area contributed by atoms with Gasteiger partial charge in [-0.2, -0.15) is 0 Å². The van der Waals surface area contributed by atoms with Crippen LogP contribution in [0.1, 0.15) is 53.9 Å². The molecule has 1 N–H and O–H groups in total. The van der Waals surface area contributed by atoms with Crippen molar-refractivity contribution in [3.8, 4) is 0 Å². The minimum absolute atomic E-state index is 0.570. The van der Waals surface area contributed by atoms with Gasteiger partial charge in [0.05, 0.1) is 5.60 Å². The Kier molecular flexibility index (Phi) is 4.81. The fraction of sp³-hybridized carbons (Fsp3) is 1.00. The van der Waals surface area contributed by atoms with Crippen LogP contribution >= 0.6 is 0 Å². The molecule has 0 amide bonds. The minimum atomic E-state index is -0.570. The fourth-order valence-corrected chi connectivity index (χ4v) is 3.20. The lowest BCUT2D eigenvalue weighted by Gasteiger charge is -2.41. The second-order valence-corrected chi connectivity index (χ2v) is 6.45. The molecule has 0 saturated heterocycles. The van der Waals surface area contributed by atoms with E-state index in [1.54, 1.807) is 0 Å². The summed E-state index contributed by atoms with van der Waals surface area (Å²) in [5.41, 5.74) is -0.570. The maximum Gasteiger partial charge on any atom is 0.0718 e. The van der Waals surface area contributed by atoms with Crippen molar-refractivity contribution in [2.45, 2.75) is 65.5 Å². The van der Waals surface area contributed by atoms with E-state index in [9.17, 15) is 5.11 Å². The summed E-state index contributed by atoms with van der Waals surface area (Å²) in [6, 6.07) is 0.676. The summed E-state index contributed by atoms with van der Waals surface area (Å²) >= 11 is 0. The lowest BCUT2D eigenvalue weighted by Crippen LogP contribution is -2.47. The van der Waals surface area contributed by atoms with Crippen molar-refractivity contribution in [2.75, 3.05) is 13.1 Å². The van der Waals surface area contributed by atoms with Crippen LogP contribution < -0.4 is 0 Å². The van der Waals surface area contributed by atoms with Gasteiger partial charge in [0.1, 0.15) is 0 Å². The zero-order valence-electron chi connectivity index (χ0n) is 11.7. The average Bonchev–Trinajstić information content (AvgIpc) is 2.11. The van der Waals surface area contributed by atoms with Crippen LogP contribution in [0.3, 0.4) is 0 Å². The molecule has 96 valence electrons. The van der Waals surface area contributed by atoms with E-state index in [2.05, 4.69) is 25.7 Å². The van der Waals surface area contributed by atoms with E-state index in [0.717, 1.165) is 24.9 Å². The molecule has 16 heavy (non-hydrogen) atoms. The first-order valence-corrected chi connectivity index (χ1v) is 6.78. The maximum absolute atomic E-state index is 9.94. The van der Waals surface area contributed by atoms with Crippen LogP contribution in [0.15, 0.2) is 0 Å². The van der Waals surface area contributed by atoms with E-state index in [4.69, 9.17) is 0 Å². The first kappa shape index (κ1) is 14.0. The highest BCUT2D eigenvalue weighted by molar-refractivity contribution is 4.84. The highest BCUT2D eigenvalue weighted by atomic mass is 16.3. The number of hydrogen-bond donors (Lipinski definition) is 1. The van der Waals surface area contributed by atoms with Crippen LogP contribution in [-0.2, 0) is 0 Å². The van der Waals surface area contributed by atoms with Crippen molar-refractivity contribution in [3.05, 3.63) is 0 Å². The zero-order chi connectivity index (χ0) is 12.3. The third kappa shape index (κ3) is 4.42. The van der Waals surface area contributed by atoms with Gasteiger partial charge in [0.25, 0.3) is 0 Å².